The first kappa shape index (κ1) is 25.9. The van der Waals surface area contributed by atoms with Crippen LogP contribution in [0.25, 0.3) is 0 Å². The van der Waals surface area contributed by atoms with Gasteiger partial charge in [0.05, 0.1) is 29.2 Å². The maximum Gasteiger partial charge on any atom is 0.278 e. The number of hydrogen-bond donors (Lipinski definition) is 3. The number of hydrogen-bond acceptors (Lipinski definition) is 9. The van der Waals surface area contributed by atoms with Crippen molar-refractivity contribution in [3.63, 3.8) is 0 Å². The van der Waals surface area contributed by atoms with Gasteiger partial charge in [-0.1, -0.05) is 13.8 Å². The molecule has 1 amide bonds. The van der Waals surface area contributed by atoms with Crippen molar-refractivity contribution in [2.24, 2.45) is 0 Å². The summed E-state index contributed by atoms with van der Waals surface area (Å²) in [5.74, 6) is -0.532. The number of anilines is 5. The summed E-state index contributed by atoms with van der Waals surface area (Å²) in [6, 6.07) is 5.78. The van der Waals surface area contributed by atoms with Crippen molar-refractivity contribution >= 4 is 45.9 Å². The van der Waals surface area contributed by atoms with Crippen LogP contribution < -0.4 is 20.4 Å². The van der Waals surface area contributed by atoms with Gasteiger partial charge in [0.1, 0.15) is 23.8 Å². The fraction of sp³-hybridized carbons (Fsp3) is 0.273. The summed E-state index contributed by atoms with van der Waals surface area (Å²) in [5, 5.41) is 5.97. The lowest BCUT2D eigenvalue weighted by molar-refractivity contribution is 0.0365. The molecule has 3 N–H and O–H groups in total. The van der Waals surface area contributed by atoms with Gasteiger partial charge >= 0.3 is 0 Å². The number of nitrogens with zero attached hydrogens (tertiary/aromatic N) is 4. The zero-order valence-electron chi connectivity index (χ0n) is 19.5. The number of carbonyl (C=O) groups is 1. The molecule has 1 atom stereocenters. The highest BCUT2D eigenvalue weighted by Crippen LogP contribution is 2.35. The minimum absolute atomic E-state index is 0.0804. The topological polar surface area (TPSA) is 144 Å². The van der Waals surface area contributed by atoms with Crippen LogP contribution in [0.1, 0.15) is 42.6 Å². The summed E-state index contributed by atoms with van der Waals surface area (Å²) in [6.45, 7) is 5.54. The van der Waals surface area contributed by atoms with Crippen LogP contribution in [0.5, 0.6) is 0 Å². The van der Waals surface area contributed by atoms with Crippen molar-refractivity contribution in [3.8, 4) is 0 Å². The molecule has 0 saturated carbocycles. The summed E-state index contributed by atoms with van der Waals surface area (Å²) < 4.78 is 39.3. The molecule has 186 valence electrons. The molecule has 0 aliphatic heterocycles. The Morgan fingerprint density at radius 2 is 1.97 bits per heavy atom. The van der Waals surface area contributed by atoms with Crippen molar-refractivity contribution in [1.29, 1.82) is 0 Å². The molecule has 2 heterocycles. The number of halogens is 1. The molecular weight excluding hydrogens is 477 g/mol. The first-order valence-corrected chi connectivity index (χ1v) is 11.6. The second kappa shape index (κ2) is 11.6. The maximum atomic E-state index is 14.9. The molecule has 0 bridgehead atoms. The molecule has 3 aromatic rings. The Hall–Kier alpha value is -3.68. The largest absolute Gasteiger partial charge is 0.755 e. The number of nitrogens with one attached hydrogen (secondary N) is 3. The Kier molecular flexibility index (Phi) is 8.63. The number of pyridine rings is 1. The van der Waals surface area contributed by atoms with Gasteiger partial charge in [0.25, 0.3) is 5.91 Å². The first-order chi connectivity index (χ1) is 16.7. The van der Waals surface area contributed by atoms with Crippen LogP contribution in [0.2, 0.25) is 0 Å². The molecule has 0 spiro atoms. The summed E-state index contributed by atoms with van der Waals surface area (Å²) in [4.78, 5) is 29.8. The van der Waals surface area contributed by atoms with Crippen molar-refractivity contribution in [2.45, 2.75) is 26.7 Å². The van der Waals surface area contributed by atoms with Gasteiger partial charge in [-0.25, -0.2) is 24.8 Å². The smallest absolute Gasteiger partial charge is 0.278 e. The maximum absolute atomic E-state index is 14.9. The second-order valence-electron chi connectivity index (χ2n) is 7.58. The molecule has 0 radical (unpaired) electrons. The lowest BCUT2D eigenvalue weighted by atomic mass is 10.0. The molecule has 13 heteroatoms. The van der Waals surface area contributed by atoms with Crippen molar-refractivity contribution < 1.29 is 22.8 Å². The molecule has 0 aliphatic rings. The number of hydroxylamine groups is 1. The monoisotopic (exact) mass is 502 g/mol. The number of carbonyl (C=O) groups excluding carboxylic acids is 1. The average molecular weight is 503 g/mol. The van der Waals surface area contributed by atoms with E-state index in [-0.39, 0.29) is 35.2 Å². The van der Waals surface area contributed by atoms with E-state index >= 15 is 0 Å². The SMILES string of the molecule is CCONC(=O)c1cnc(Nc2ccncn2)cc1Nc1cc(F)c(C(C)C)cc1N(C)S(=O)[O-]. The number of amides is 1. The lowest BCUT2D eigenvalue weighted by Crippen LogP contribution is -2.25. The van der Waals surface area contributed by atoms with Gasteiger partial charge < -0.3 is 19.5 Å². The third-order valence-corrected chi connectivity index (χ3v) is 5.51. The van der Waals surface area contributed by atoms with Gasteiger partial charge in [-0.2, -0.15) is 0 Å². The van der Waals surface area contributed by atoms with Crippen LogP contribution in [0.15, 0.2) is 43.0 Å². The average Bonchev–Trinajstić information content (AvgIpc) is 2.82. The van der Waals surface area contributed by atoms with E-state index in [0.717, 1.165) is 4.31 Å². The van der Waals surface area contributed by atoms with Gasteiger partial charge in [0.15, 0.2) is 0 Å². The van der Waals surface area contributed by atoms with E-state index in [1.165, 1.54) is 37.8 Å². The van der Waals surface area contributed by atoms with Crippen LogP contribution in [0, 0.1) is 5.82 Å². The summed E-state index contributed by atoms with van der Waals surface area (Å²) in [7, 11) is 1.34. The molecule has 1 aromatic carbocycles. The van der Waals surface area contributed by atoms with E-state index in [4.69, 9.17) is 4.84 Å². The molecule has 0 fully saturated rings. The zero-order chi connectivity index (χ0) is 25.5. The van der Waals surface area contributed by atoms with Crippen molar-refractivity contribution in [2.75, 3.05) is 28.6 Å². The Morgan fingerprint density at radius 3 is 2.60 bits per heavy atom. The van der Waals surface area contributed by atoms with E-state index in [2.05, 4.69) is 31.1 Å². The zero-order valence-corrected chi connectivity index (χ0v) is 20.4. The Labute approximate surface area is 204 Å². The minimum atomic E-state index is -2.62. The van der Waals surface area contributed by atoms with Gasteiger partial charge in [0, 0.05) is 36.8 Å². The van der Waals surface area contributed by atoms with E-state index in [0.29, 0.717) is 17.2 Å². The summed E-state index contributed by atoms with van der Waals surface area (Å²) >= 11 is -2.62. The third kappa shape index (κ3) is 6.47. The molecule has 0 saturated heterocycles. The molecule has 0 aliphatic carbocycles. The predicted octanol–water partition coefficient (Wildman–Crippen LogP) is 3.53. The number of aromatic nitrogens is 3. The van der Waals surface area contributed by atoms with Crippen molar-refractivity contribution in [1.82, 2.24) is 20.4 Å². The quantitative estimate of drug-likeness (QED) is 0.280. The standard InChI is InChI=1S/C22H26FN7O4S/c1-5-34-29-22(31)15-11-25-21(28-20-6-7-24-12-26-20)10-17(15)27-18-9-16(23)14(13(2)3)8-19(18)30(4)35(32)33/h6-13H,5H2,1-4H3,(H,29,31)(H,32,33)(H2,24,25,26,27,28)/p-1. The van der Waals surface area contributed by atoms with Crippen LogP contribution in [0.3, 0.4) is 0 Å². The van der Waals surface area contributed by atoms with Gasteiger partial charge in [0.2, 0.25) is 0 Å². The number of rotatable bonds is 10. The van der Waals surface area contributed by atoms with Gasteiger partial charge in [-0.3, -0.25) is 13.8 Å². The number of benzene rings is 1. The van der Waals surface area contributed by atoms with Crippen LogP contribution in [0.4, 0.5) is 33.1 Å². The molecule has 35 heavy (non-hydrogen) atoms. The summed E-state index contributed by atoms with van der Waals surface area (Å²) in [5.41, 5.74) is 3.26. The summed E-state index contributed by atoms with van der Waals surface area (Å²) in [6.07, 6.45) is 4.20. The normalized spacial score (nSPS) is 11.7. The van der Waals surface area contributed by atoms with E-state index < -0.39 is 23.0 Å². The molecule has 3 rings (SSSR count). The fourth-order valence-corrected chi connectivity index (χ4v) is 3.41. The van der Waals surface area contributed by atoms with E-state index in [9.17, 15) is 17.9 Å². The highest BCUT2D eigenvalue weighted by molar-refractivity contribution is 7.80. The highest BCUT2D eigenvalue weighted by atomic mass is 32.2. The second-order valence-corrected chi connectivity index (χ2v) is 8.57. The van der Waals surface area contributed by atoms with Crippen LogP contribution >= 0.6 is 0 Å². The molecule has 2 aromatic heterocycles. The van der Waals surface area contributed by atoms with Crippen LogP contribution in [-0.4, -0.2) is 43.3 Å². The minimum Gasteiger partial charge on any atom is -0.755 e. The van der Waals surface area contributed by atoms with E-state index in [1.54, 1.807) is 33.0 Å². The highest BCUT2D eigenvalue weighted by Gasteiger charge is 2.19. The molecule has 1 unspecified atom stereocenters. The predicted molar refractivity (Wildman–Crippen MR) is 130 cm³/mol. The molecule has 11 nitrogen and oxygen atoms in total. The van der Waals surface area contributed by atoms with Crippen LogP contribution in [-0.2, 0) is 16.1 Å². The Morgan fingerprint density at radius 1 is 1.20 bits per heavy atom. The van der Waals surface area contributed by atoms with E-state index in [1.807, 2.05) is 0 Å². The fourth-order valence-electron chi connectivity index (χ4n) is 3.10. The third-order valence-electron chi connectivity index (χ3n) is 4.87. The lowest BCUT2D eigenvalue weighted by Gasteiger charge is -2.26. The first-order valence-electron chi connectivity index (χ1n) is 10.6. The Bertz CT molecular complexity index is 1210. The Balaban J connectivity index is 2.09. The van der Waals surface area contributed by atoms with Gasteiger partial charge in [-0.15, -0.1) is 0 Å². The molecular formula is C22H25FN7O4S-. The van der Waals surface area contributed by atoms with Gasteiger partial charge in [-0.05, 0) is 36.6 Å². The van der Waals surface area contributed by atoms with Crippen molar-refractivity contribution in [3.05, 3.63) is 59.9 Å².